The van der Waals surface area contributed by atoms with Gasteiger partial charge in [-0.05, 0) is 30.2 Å². The van der Waals surface area contributed by atoms with Crippen LogP contribution in [0.15, 0.2) is 48.5 Å². The highest BCUT2D eigenvalue weighted by molar-refractivity contribution is 5.93. The monoisotopic (exact) mass is 396 g/mol. The summed E-state index contributed by atoms with van der Waals surface area (Å²) in [5, 5.41) is 7.12. The van der Waals surface area contributed by atoms with E-state index in [1.54, 1.807) is 12.1 Å². The van der Waals surface area contributed by atoms with E-state index in [1.807, 2.05) is 24.3 Å². The van der Waals surface area contributed by atoms with E-state index in [9.17, 15) is 18.0 Å². The first-order chi connectivity index (χ1) is 13.1. The number of primary amides is 1. The molecule has 0 saturated heterocycles. The average Bonchev–Trinajstić information content (AvgIpc) is 2.64. The van der Waals surface area contributed by atoms with Crippen LogP contribution in [0.4, 0.5) is 13.2 Å². The van der Waals surface area contributed by atoms with Crippen molar-refractivity contribution >= 4 is 11.9 Å². The summed E-state index contributed by atoms with van der Waals surface area (Å²) >= 11 is 0. The number of alkyl halides is 3. The van der Waals surface area contributed by atoms with Gasteiger partial charge in [0.25, 0.3) is 0 Å². The molecule has 9 heteroatoms. The van der Waals surface area contributed by atoms with E-state index in [-0.39, 0.29) is 12.0 Å². The lowest BCUT2D eigenvalue weighted by Crippen LogP contribution is -2.39. The van der Waals surface area contributed by atoms with Crippen LogP contribution in [0.25, 0.3) is 0 Å². The van der Waals surface area contributed by atoms with Crippen LogP contribution in [-0.4, -0.2) is 35.8 Å². The number of carbonyl (C=O) groups excluding carboxylic acids is 1. The fourth-order valence-electron chi connectivity index (χ4n) is 2.79. The number of halogens is 3. The van der Waals surface area contributed by atoms with Crippen molar-refractivity contribution in [2.24, 2.45) is 11.5 Å². The van der Waals surface area contributed by atoms with Gasteiger partial charge in [-0.25, -0.2) is 4.79 Å². The second kappa shape index (κ2) is 8.75. The molecule has 28 heavy (non-hydrogen) atoms. The molecular formula is C19H19F3N2O4. The van der Waals surface area contributed by atoms with Gasteiger partial charge in [-0.2, -0.15) is 13.2 Å². The predicted molar refractivity (Wildman–Crippen MR) is 95.0 cm³/mol. The first-order valence-corrected chi connectivity index (χ1v) is 8.25. The number of ether oxygens (including phenoxy) is 1. The first kappa shape index (κ1) is 21.2. The van der Waals surface area contributed by atoms with Gasteiger partial charge in [0.15, 0.2) is 0 Å². The van der Waals surface area contributed by atoms with Crippen LogP contribution in [0.5, 0.6) is 5.75 Å². The van der Waals surface area contributed by atoms with E-state index in [0.717, 1.165) is 17.7 Å². The lowest BCUT2D eigenvalue weighted by Gasteiger charge is -2.31. The molecule has 6 nitrogen and oxygen atoms in total. The van der Waals surface area contributed by atoms with Gasteiger partial charge in [-0.3, -0.25) is 4.79 Å². The number of benzene rings is 2. The maximum atomic E-state index is 11.4. The van der Waals surface area contributed by atoms with E-state index >= 15 is 0 Å². The fraction of sp³-hybridized carbons (Fsp3) is 0.263. The summed E-state index contributed by atoms with van der Waals surface area (Å²) in [5.74, 6) is -2.28. The smallest absolute Gasteiger partial charge is 0.490 e. The Labute approximate surface area is 158 Å². The van der Waals surface area contributed by atoms with E-state index in [2.05, 4.69) is 12.1 Å². The normalized spacial score (nSPS) is 18.1. The highest BCUT2D eigenvalue weighted by Gasteiger charge is 2.38. The summed E-state index contributed by atoms with van der Waals surface area (Å²) in [7, 11) is 0. The van der Waals surface area contributed by atoms with Crippen molar-refractivity contribution in [1.29, 1.82) is 0 Å². The molecule has 0 aromatic heterocycles. The molecule has 2 unspecified atom stereocenters. The molecule has 0 saturated carbocycles. The molecule has 150 valence electrons. The third kappa shape index (κ3) is 5.46. The highest BCUT2D eigenvalue weighted by Crippen LogP contribution is 2.36. The van der Waals surface area contributed by atoms with Crippen molar-refractivity contribution in [2.75, 3.05) is 6.61 Å². The van der Waals surface area contributed by atoms with Gasteiger partial charge in [0.2, 0.25) is 5.91 Å². The largest absolute Gasteiger partial charge is 0.492 e. The number of amides is 1. The van der Waals surface area contributed by atoms with Crippen molar-refractivity contribution in [3.05, 3.63) is 65.2 Å². The minimum Gasteiger partial charge on any atom is -0.492 e. The Balaban J connectivity index is 0.000000345. The molecular weight excluding hydrogens is 377 g/mol. The van der Waals surface area contributed by atoms with Gasteiger partial charge in [0, 0.05) is 23.1 Å². The SMILES string of the molecule is NC(=O)c1ccc2c(c1)C(Cc1ccccc1)C(N)CO2.O=C(O)C(F)(F)F. The Morgan fingerprint density at radius 2 is 1.75 bits per heavy atom. The van der Waals surface area contributed by atoms with Crippen molar-refractivity contribution in [1.82, 2.24) is 0 Å². The van der Waals surface area contributed by atoms with E-state index in [1.165, 1.54) is 5.56 Å². The molecule has 0 spiro atoms. The second-order valence-corrected chi connectivity index (χ2v) is 6.19. The molecule has 2 aromatic carbocycles. The Bertz CT molecular complexity index is 841. The number of nitrogens with two attached hydrogens (primary N) is 2. The van der Waals surface area contributed by atoms with Gasteiger partial charge >= 0.3 is 12.1 Å². The molecule has 0 aliphatic carbocycles. The summed E-state index contributed by atoms with van der Waals surface area (Å²) < 4.78 is 37.4. The van der Waals surface area contributed by atoms with E-state index in [0.29, 0.717) is 12.2 Å². The van der Waals surface area contributed by atoms with Gasteiger partial charge in [-0.15, -0.1) is 0 Å². The number of carboxylic acids is 1. The third-order valence-electron chi connectivity index (χ3n) is 4.18. The first-order valence-electron chi connectivity index (χ1n) is 8.25. The van der Waals surface area contributed by atoms with Crippen molar-refractivity contribution in [3.63, 3.8) is 0 Å². The summed E-state index contributed by atoms with van der Waals surface area (Å²) in [6.45, 7) is 0.487. The summed E-state index contributed by atoms with van der Waals surface area (Å²) in [6, 6.07) is 15.4. The molecule has 3 rings (SSSR count). The third-order valence-corrected chi connectivity index (χ3v) is 4.18. The Morgan fingerprint density at radius 3 is 2.29 bits per heavy atom. The molecule has 1 aliphatic heterocycles. The molecule has 0 radical (unpaired) electrons. The minimum atomic E-state index is -5.08. The summed E-state index contributed by atoms with van der Waals surface area (Å²) in [4.78, 5) is 20.3. The zero-order valence-corrected chi connectivity index (χ0v) is 14.6. The van der Waals surface area contributed by atoms with Crippen LogP contribution in [0.2, 0.25) is 0 Å². The maximum absolute atomic E-state index is 11.4. The highest BCUT2D eigenvalue weighted by atomic mass is 19.4. The number of carbonyl (C=O) groups is 2. The van der Waals surface area contributed by atoms with Crippen molar-refractivity contribution in [2.45, 2.75) is 24.6 Å². The van der Waals surface area contributed by atoms with Crippen molar-refractivity contribution in [3.8, 4) is 5.75 Å². The molecule has 5 N–H and O–H groups in total. The lowest BCUT2D eigenvalue weighted by atomic mass is 9.83. The number of hydrogen-bond acceptors (Lipinski definition) is 4. The summed E-state index contributed by atoms with van der Waals surface area (Å²) in [6.07, 6.45) is -4.26. The molecule has 2 atom stereocenters. The topological polar surface area (TPSA) is 116 Å². The van der Waals surface area contributed by atoms with Gasteiger partial charge < -0.3 is 21.3 Å². The van der Waals surface area contributed by atoms with E-state index < -0.39 is 18.1 Å². The Morgan fingerprint density at radius 1 is 1.14 bits per heavy atom. The number of aliphatic carboxylic acids is 1. The van der Waals surface area contributed by atoms with Crippen LogP contribution in [0.1, 0.15) is 27.4 Å². The fourth-order valence-corrected chi connectivity index (χ4v) is 2.79. The molecule has 0 bridgehead atoms. The van der Waals surface area contributed by atoms with Gasteiger partial charge in [-0.1, -0.05) is 30.3 Å². The minimum absolute atomic E-state index is 0.0965. The van der Waals surface area contributed by atoms with Crippen molar-refractivity contribution < 1.29 is 32.6 Å². The van der Waals surface area contributed by atoms with Crippen LogP contribution >= 0.6 is 0 Å². The average molecular weight is 396 g/mol. The second-order valence-electron chi connectivity index (χ2n) is 6.19. The maximum Gasteiger partial charge on any atom is 0.490 e. The van der Waals surface area contributed by atoms with Gasteiger partial charge in [0.05, 0.1) is 0 Å². The van der Waals surface area contributed by atoms with Crippen LogP contribution in [-0.2, 0) is 11.2 Å². The quantitative estimate of drug-likeness (QED) is 0.737. The molecule has 1 amide bonds. The molecule has 1 aliphatic rings. The standard InChI is InChI=1S/C17H18N2O2.C2HF3O2/c18-15-10-21-16-7-6-12(17(19)20)9-14(16)13(15)8-11-4-2-1-3-5-11;3-2(4,5)1(6)7/h1-7,9,13,15H,8,10,18H2,(H2,19,20);(H,6,7). The number of carboxylic acid groups (broad SMARTS) is 1. The summed E-state index contributed by atoms with van der Waals surface area (Å²) in [5.41, 5.74) is 14.3. The molecule has 2 aromatic rings. The number of hydrogen-bond donors (Lipinski definition) is 3. The van der Waals surface area contributed by atoms with Crippen LogP contribution < -0.4 is 16.2 Å². The van der Waals surface area contributed by atoms with Crippen LogP contribution in [0.3, 0.4) is 0 Å². The van der Waals surface area contributed by atoms with Crippen LogP contribution in [0, 0.1) is 0 Å². The number of fused-ring (bicyclic) bond motifs is 1. The lowest BCUT2D eigenvalue weighted by molar-refractivity contribution is -0.192. The van der Waals surface area contributed by atoms with E-state index in [4.69, 9.17) is 26.1 Å². The molecule has 1 heterocycles. The molecule has 0 fully saturated rings. The Kier molecular flexibility index (Phi) is 6.63. The number of rotatable bonds is 3. The Hall–Kier alpha value is -3.07. The zero-order valence-electron chi connectivity index (χ0n) is 14.6. The predicted octanol–water partition coefficient (Wildman–Crippen LogP) is 2.46. The zero-order chi connectivity index (χ0) is 20.9. The van der Waals surface area contributed by atoms with Gasteiger partial charge in [0.1, 0.15) is 12.4 Å².